The number of benzene rings is 2. The van der Waals surface area contributed by atoms with E-state index in [9.17, 15) is 4.79 Å². The lowest BCUT2D eigenvalue weighted by molar-refractivity contribution is -0.117. The predicted octanol–water partition coefficient (Wildman–Crippen LogP) is 4.77. The lowest BCUT2D eigenvalue weighted by atomic mass is 10.1. The molecule has 1 amide bonds. The van der Waals surface area contributed by atoms with Crippen LogP contribution in [0.2, 0.25) is 0 Å². The summed E-state index contributed by atoms with van der Waals surface area (Å²) in [6.45, 7) is 2.20. The van der Waals surface area contributed by atoms with Crippen LogP contribution in [0.5, 0.6) is 0 Å². The molecule has 0 aromatic heterocycles. The SMILES string of the molecule is CCCCc1ccc(NC(=O)C2CC2c2ccccc2)cc1. The van der Waals surface area contributed by atoms with Crippen LogP contribution in [0.3, 0.4) is 0 Å². The second-order valence-electron chi connectivity index (χ2n) is 6.15. The van der Waals surface area contributed by atoms with E-state index in [2.05, 4.69) is 36.5 Å². The molecule has 3 rings (SSSR count). The molecule has 1 N–H and O–H groups in total. The largest absolute Gasteiger partial charge is 0.326 e. The van der Waals surface area contributed by atoms with Crippen molar-refractivity contribution in [1.82, 2.24) is 0 Å². The summed E-state index contributed by atoms with van der Waals surface area (Å²) in [5, 5.41) is 3.05. The number of hydrogen-bond acceptors (Lipinski definition) is 1. The minimum atomic E-state index is 0.127. The average molecular weight is 293 g/mol. The lowest BCUT2D eigenvalue weighted by Crippen LogP contribution is -2.14. The van der Waals surface area contributed by atoms with Gasteiger partial charge in [-0.1, -0.05) is 55.8 Å². The van der Waals surface area contributed by atoms with Gasteiger partial charge in [-0.15, -0.1) is 0 Å². The first kappa shape index (κ1) is 14.8. The second kappa shape index (κ2) is 6.78. The van der Waals surface area contributed by atoms with Crippen molar-refractivity contribution in [2.24, 2.45) is 5.92 Å². The number of unbranched alkanes of at least 4 members (excludes halogenated alkanes) is 1. The minimum Gasteiger partial charge on any atom is -0.326 e. The number of hydrogen-bond donors (Lipinski definition) is 1. The van der Waals surface area contributed by atoms with Crippen molar-refractivity contribution in [2.45, 2.75) is 38.5 Å². The molecule has 2 heteroatoms. The Balaban J connectivity index is 1.54. The van der Waals surface area contributed by atoms with Crippen LogP contribution in [0.4, 0.5) is 5.69 Å². The Morgan fingerprint density at radius 3 is 2.50 bits per heavy atom. The Kier molecular flexibility index (Phi) is 4.57. The summed E-state index contributed by atoms with van der Waals surface area (Å²) < 4.78 is 0. The van der Waals surface area contributed by atoms with E-state index in [1.165, 1.54) is 24.0 Å². The zero-order chi connectivity index (χ0) is 15.4. The molecule has 0 radical (unpaired) electrons. The highest BCUT2D eigenvalue weighted by Gasteiger charge is 2.43. The number of anilines is 1. The molecule has 1 saturated carbocycles. The third-order valence-electron chi connectivity index (χ3n) is 4.40. The van der Waals surface area contributed by atoms with Crippen molar-refractivity contribution in [1.29, 1.82) is 0 Å². The molecule has 1 aliphatic carbocycles. The summed E-state index contributed by atoms with van der Waals surface area (Å²) in [7, 11) is 0. The van der Waals surface area contributed by atoms with Gasteiger partial charge in [-0.2, -0.15) is 0 Å². The third kappa shape index (κ3) is 3.56. The van der Waals surface area contributed by atoms with Gasteiger partial charge < -0.3 is 5.32 Å². The molecule has 2 aromatic carbocycles. The first-order chi connectivity index (χ1) is 10.8. The summed E-state index contributed by atoms with van der Waals surface area (Å²) in [5.74, 6) is 0.669. The summed E-state index contributed by atoms with van der Waals surface area (Å²) in [6.07, 6.45) is 4.50. The molecule has 0 spiro atoms. The highest BCUT2D eigenvalue weighted by molar-refractivity contribution is 5.95. The number of carbonyl (C=O) groups excluding carboxylic acids is 1. The van der Waals surface area contributed by atoms with Gasteiger partial charge in [0.2, 0.25) is 5.91 Å². The van der Waals surface area contributed by atoms with Gasteiger partial charge >= 0.3 is 0 Å². The number of amides is 1. The van der Waals surface area contributed by atoms with Crippen molar-refractivity contribution < 1.29 is 4.79 Å². The second-order valence-corrected chi connectivity index (χ2v) is 6.15. The van der Waals surface area contributed by atoms with Crippen molar-refractivity contribution in [2.75, 3.05) is 5.32 Å². The molecule has 22 heavy (non-hydrogen) atoms. The molecule has 0 bridgehead atoms. The number of carbonyl (C=O) groups is 1. The first-order valence-electron chi connectivity index (χ1n) is 8.22. The van der Waals surface area contributed by atoms with Gasteiger partial charge in [-0.05, 0) is 48.4 Å². The zero-order valence-electron chi connectivity index (χ0n) is 13.1. The summed E-state index contributed by atoms with van der Waals surface area (Å²) >= 11 is 0. The maximum Gasteiger partial charge on any atom is 0.228 e. The van der Waals surface area contributed by atoms with E-state index in [0.29, 0.717) is 5.92 Å². The van der Waals surface area contributed by atoms with Gasteiger partial charge in [-0.25, -0.2) is 0 Å². The fraction of sp³-hybridized carbons (Fsp3) is 0.350. The van der Waals surface area contributed by atoms with E-state index in [1.54, 1.807) is 0 Å². The highest BCUT2D eigenvalue weighted by Crippen LogP contribution is 2.47. The molecule has 114 valence electrons. The Morgan fingerprint density at radius 1 is 1.09 bits per heavy atom. The van der Waals surface area contributed by atoms with E-state index in [0.717, 1.165) is 18.5 Å². The maximum atomic E-state index is 12.3. The smallest absolute Gasteiger partial charge is 0.228 e. The van der Waals surface area contributed by atoms with E-state index >= 15 is 0 Å². The molecule has 1 aliphatic rings. The van der Waals surface area contributed by atoms with Crippen LogP contribution in [-0.2, 0) is 11.2 Å². The predicted molar refractivity (Wildman–Crippen MR) is 91.0 cm³/mol. The van der Waals surface area contributed by atoms with Crippen molar-refractivity contribution in [3.8, 4) is 0 Å². The number of rotatable bonds is 6. The van der Waals surface area contributed by atoms with Crippen LogP contribution in [0, 0.1) is 5.92 Å². The molecule has 2 aromatic rings. The average Bonchev–Trinajstić information content (AvgIpc) is 3.36. The van der Waals surface area contributed by atoms with Gasteiger partial charge in [0.1, 0.15) is 0 Å². The third-order valence-corrected chi connectivity index (χ3v) is 4.40. The van der Waals surface area contributed by atoms with Crippen molar-refractivity contribution in [3.63, 3.8) is 0 Å². The van der Waals surface area contributed by atoms with Gasteiger partial charge in [0.15, 0.2) is 0 Å². The van der Waals surface area contributed by atoms with Crippen LogP contribution in [-0.4, -0.2) is 5.91 Å². The Bertz CT molecular complexity index is 618. The molecular weight excluding hydrogens is 270 g/mol. The van der Waals surface area contributed by atoms with Gasteiger partial charge in [-0.3, -0.25) is 4.79 Å². The van der Waals surface area contributed by atoms with E-state index < -0.39 is 0 Å². The topological polar surface area (TPSA) is 29.1 Å². The van der Waals surface area contributed by atoms with Crippen LogP contribution in [0.1, 0.15) is 43.2 Å². The van der Waals surface area contributed by atoms with Gasteiger partial charge in [0.25, 0.3) is 0 Å². The van der Waals surface area contributed by atoms with Gasteiger partial charge in [0, 0.05) is 11.6 Å². The number of aryl methyl sites for hydroxylation is 1. The van der Waals surface area contributed by atoms with Crippen LogP contribution >= 0.6 is 0 Å². The Labute approximate surface area is 132 Å². The Morgan fingerprint density at radius 2 is 1.82 bits per heavy atom. The van der Waals surface area contributed by atoms with Gasteiger partial charge in [0.05, 0.1) is 0 Å². The molecule has 0 heterocycles. The maximum absolute atomic E-state index is 12.3. The van der Waals surface area contributed by atoms with E-state index in [4.69, 9.17) is 0 Å². The fourth-order valence-corrected chi connectivity index (χ4v) is 2.92. The number of nitrogens with one attached hydrogen (secondary N) is 1. The van der Waals surface area contributed by atoms with Crippen LogP contribution in [0.15, 0.2) is 54.6 Å². The normalized spacial score (nSPS) is 19.7. The molecule has 2 unspecified atom stereocenters. The Hall–Kier alpha value is -2.09. The monoisotopic (exact) mass is 293 g/mol. The molecule has 2 nitrogen and oxygen atoms in total. The van der Waals surface area contributed by atoms with Crippen LogP contribution < -0.4 is 5.32 Å². The van der Waals surface area contributed by atoms with Crippen molar-refractivity contribution in [3.05, 3.63) is 65.7 Å². The van der Waals surface area contributed by atoms with Crippen molar-refractivity contribution >= 4 is 11.6 Å². The highest BCUT2D eigenvalue weighted by atomic mass is 16.2. The molecule has 0 aliphatic heterocycles. The van der Waals surface area contributed by atoms with Crippen LogP contribution in [0.25, 0.3) is 0 Å². The molecule has 1 fully saturated rings. The minimum absolute atomic E-state index is 0.127. The fourth-order valence-electron chi connectivity index (χ4n) is 2.92. The summed E-state index contributed by atoms with van der Waals surface area (Å²) in [5.41, 5.74) is 3.52. The lowest BCUT2D eigenvalue weighted by Gasteiger charge is -2.06. The standard InChI is InChI=1S/C20H23NO/c1-2-3-7-15-10-12-17(13-11-15)21-20(22)19-14-18(19)16-8-5-4-6-9-16/h4-6,8-13,18-19H,2-3,7,14H2,1H3,(H,21,22). The quantitative estimate of drug-likeness (QED) is 0.816. The molecule has 0 saturated heterocycles. The molecule has 2 atom stereocenters. The summed E-state index contributed by atoms with van der Waals surface area (Å²) in [6, 6.07) is 18.6. The van der Waals surface area contributed by atoms with E-state index in [-0.39, 0.29) is 11.8 Å². The summed E-state index contributed by atoms with van der Waals surface area (Å²) in [4.78, 5) is 12.3. The molecular formula is C20H23NO. The van der Waals surface area contributed by atoms with E-state index in [1.807, 2.05) is 30.3 Å². The first-order valence-corrected chi connectivity index (χ1v) is 8.22. The zero-order valence-corrected chi connectivity index (χ0v) is 13.1.